The Bertz CT molecular complexity index is 495. The number of carbonyl (C=O) groups excluding carboxylic acids is 1. The number of carboxylic acids is 1. The van der Waals surface area contributed by atoms with Crippen LogP contribution in [-0.4, -0.2) is 23.7 Å². The van der Waals surface area contributed by atoms with Gasteiger partial charge in [0, 0.05) is 12.2 Å². The number of nitrogens with one attached hydrogen (secondary N) is 2. The van der Waals surface area contributed by atoms with E-state index in [1.807, 2.05) is 19.1 Å². The Balaban J connectivity index is 1.80. The smallest absolute Gasteiger partial charge is 0.319 e. The molecule has 3 N–H and O–H groups in total. The zero-order valence-electron chi connectivity index (χ0n) is 12.3. The molecule has 1 aliphatic rings. The van der Waals surface area contributed by atoms with Crippen molar-refractivity contribution in [2.24, 2.45) is 5.92 Å². The van der Waals surface area contributed by atoms with E-state index in [1.165, 1.54) is 19.3 Å². The van der Waals surface area contributed by atoms with Gasteiger partial charge in [0.05, 0.1) is 6.42 Å². The van der Waals surface area contributed by atoms with Gasteiger partial charge in [-0.25, -0.2) is 4.79 Å². The molecular formula is C16H22N2O3. The molecule has 0 heterocycles. The SMILES string of the molecule is CC(CC(=O)O)c1ccc(NC(=O)NCC2CCC2)cc1. The van der Waals surface area contributed by atoms with Crippen LogP contribution in [0.1, 0.15) is 44.1 Å². The first-order valence-electron chi connectivity index (χ1n) is 7.41. The number of carboxylic acid groups (broad SMARTS) is 1. The summed E-state index contributed by atoms with van der Waals surface area (Å²) in [5, 5.41) is 14.4. The Kier molecular flexibility index (Phi) is 5.20. The second kappa shape index (κ2) is 7.11. The largest absolute Gasteiger partial charge is 0.481 e. The fourth-order valence-electron chi connectivity index (χ4n) is 2.38. The Morgan fingerprint density at radius 1 is 1.29 bits per heavy atom. The van der Waals surface area contributed by atoms with E-state index in [9.17, 15) is 9.59 Å². The summed E-state index contributed by atoms with van der Waals surface area (Å²) < 4.78 is 0. The minimum Gasteiger partial charge on any atom is -0.481 e. The lowest BCUT2D eigenvalue weighted by molar-refractivity contribution is -0.137. The third kappa shape index (κ3) is 4.77. The first kappa shape index (κ1) is 15.4. The summed E-state index contributed by atoms with van der Waals surface area (Å²) in [4.78, 5) is 22.4. The maximum absolute atomic E-state index is 11.7. The maximum atomic E-state index is 11.7. The van der Waals surface area contributed by atoms with Crippen LogP contribution in [-0.2, 0) is 4.79 Å². The average Bonchev–Trinajstić information content (AvgIpc) is 2.36. The summed E-state index contributed by atoms with van der Waals surface area (Å²) in [6.45, 7) is 2.61. The van der Waals surface area contributed by atoms with Gasteiger partial charge in [-0.05, 0) is 42.4 Å². The number of hydrogen-bond donors (Lipinski definition) is 3. The van der Waals surface area contributed by atoms with E-state index < -0.39 is 5.97 Å². The van der Waals surface area contributed by atoms with E-state index in [0.29, 0.717) is 11.6 Å². The van der Waals surface area contributed by atoms with Crippen molar-refractivity contribution in [1.82, 2.24) is 5.32 Å². The molecule has 2 amide bonds. The number of urea groups is 1. The lowest BCUT2D eigenvalue weighted by Crippen LogP contribution is -2.35. The molecule has 1 saturated carbocycles. The van der Waals surface area contributed by atoms with Gasteiger partial charge in [0.25, 0.3) is 0 Å². The maximum Gasteiger partial charge on any atom is 0.319 e. The van der Waals surface area contributed by atoms with Crippen molar-refractivity contribution in [1.29, 1.82) is 0 Å². The van der Waals surface area contributed by atoms with E-state index >= 15 is 0 Å². The van der Waals surface area contributed by atoms with Crippen LogP contribution in [0.5, 0.6) is 0 Å². The van der Waals surface area contributed by atoms with Crippen molar-refractivity contribution in [3.63, 3.8) is 0 Å². The molecule has 21 heavy (non-hydrogen) atoms. The fourth-order valence-corrected chi connectivity index (χ4v) is 2.38. The number of benzene rings is 1. The summed E-state index contributed by atoms with van der Waals surface area (Å²) in [7, 11) is 0. The minimum atomic E-state index is -0.805. The summed E-state index contributed by atoms with van der Waals surface area (Å²) in [6.07, 6.45) is 3.78. The predicted molar refractivity (Wildman–Crippen MR) is 81.5 cm³/mol. The van der Waals surface area contributed by atoms with Crippen molar-refractivity contribution >= 4 is 17.7 Å². The van der Waals surface area contributed by atoms with Gasteiger partial charge in [0.15, 0.2) is 0 Å². The van der Waals surface area contributed by atoms with Gasteiger partial charge >= 0.3 is 12.0 Å². The number of amides is 2. The third-order valence-electron chi connectivity index (χ3n) is 3.99. The molecule has 0 bridgehead atoms. The molecule has 0 radical (unpaired) electrons. The average molecular weight is 290 g/mol. The summed E-state index contributed by atoms with van der Waals surface area (Å²) in [5.74, 6) is -0.209. The van der Waals surface area contributed by atoms with Gasteiger partial charge in [-0.15, -0.1) is 0 Å². The van der Waals surface area contributed by atoms with Crippen molar-refractivity contribution in [3.05, 3.63) is 29.8 Å². The normalized spacial score (nSPS) is 15.9. The lowest BCUT2D eigenvalue weighted by Gasteiger charge is -2.25. The number of carbonyl (C=O) groups is 2. The zero-order valence-corrected chi connectivity index (χ0v) is 12.3. The topological polar surface area (TPSA) is 78.4 Å². The van der Waals surface area contributed by atoms with Crippen LogP contribution in [0, 0.1) is 5.92 Å². The number of rotatable bonds is 6. The molecule has 1 aliphatic carbocycles. The van der Waals surface area contributed by atoms with Crippen molar-refractivity contribution in [3.8, 4) is 0 Å². The van der Waals surface area contributed by atoms with Crippen LogP contribution in [0.3, 0.4) is 0 Å². The van der Waals surface area contributed by atoms with Gasteiger partial charge in [0.2, 0.25) is 0 Å². The zero-order chi connectivity index (χ0) is 15.2. The predicted octanol–water partition coefficient (Wildman–Crippen LogP) is 3.19. The summed E-state index contributed by atoms with van der Waals surface area (Å²) >= 11 is 0. The van der Waals surface area contributed by atoms with Crippen LogP contribution in [0.15, 0.2) is 24.3 Å². The second-order valence-corrected chi connectivity index (χ2v) is 5.75. The molecule has 0 spiro atoms. The molecule has 5 nitrogen and oxygen atoms in total. The fraction of sp³-hybridized carbons (Fsp3) is 0.500. The van der Waals surface area contributed by atoms with Crippen molar-refractivity contribution in [2.45, 2.75) is 38.5 Å². The Labute approximate surface area is 124 Å². The molecule has 1 aromatic rings. The molecule has 0 aliphatic heterocycles. The molecule has 1 atom stereocenters. The quantitative estimate of drug-likeness (QED) is 0.753. The van der Waals surface area contributed by atoms with E-state index in [-0.39, 0.29) is 18.4 Å². The highest BCUT2D eigenvalue weighted by atomic mass is 16.4. The Hall–Kier alpha value is -2.04. The first-order chi connectivity index (χ1) is 10.0. The van der Waals surface area contributed by atoms with Gasteiger partial charge in [-0.1, -0.05) is 25.5 Å². The van der Waals surface area contributed by atoms with Gasteiger partial charge < -0.3 is 15.7 Å². The third-order valence-corrected chi connectivity index (χ3v) is 3.99. The van der Waals surface area contributed by atoms with Crippen LogP contribution in [0.25, 0.3) is 0 Å². The molecule has 1 fully saturated rings. The second-order valence-electron chi connectivity index (χ2n) is 5.75. The minimum absolute atomic E-state index is 0.0380. The lowest BCUT2D eigenvalue weighted by atomic mass is 9.85. The molecule has 5 heteroatoms. The molecule has 0 saturated heterocycles. The molecule has 114 valence electrons. The van der Waals surface area contributed by atoms with Crippen LogP contribution >= 0.6 is 0 Å². The molecule has 2 rings (SSSR count). The number of hydrogen-bond acceptors (Lipinski definition) is 2. The van der Waals surface area contributed by atoms with Gasteiger partial charge in [0.1, 0.15) is 0 Å². The van der Waals surface area contributed by atoms with Crippen LogP contribution in [0.2, 0.25) is 0 Å². The Morgan fingerprint density at radius 3 is 2.48 bits per heavy atom. The summed E-state index contributed by atoms with van der Waals surface area (Å²) in [6, 6.07) is 7.13. The number of anilines is 1. The number of aliphatic carboxylic acids is 1. The molecule has 1 aromatic carbocycles. The highest BCUT2D eigenvalue weighted by Gasteiger charge is 2.17. The highest BCUT2D eigenvalue weighted by Crippen LogP contribution is 2.25. The molecule has 1 unspecified atom stereocenters. The monoisotopic (exact) mass is 290 g/mol. The molecule has 0 aromatic heterocycles. The summed E-state index contributed by atoms with van der Waals surface area (Å²) in [5.41, 5.74) is 1.67. The van der Waals surface area contributed by atoms with E-state index in [2.05, 4.69) is 10.6 Å². The molecular weight excluding hydrogens is 268 g/mol. The van der Waals surface area contributed by atoms with Gasteiger partial charge in [-0.3, -0.25) is 4.79 Å². The van der Waals surface area contributed by atoms with Crippen LogP contribution in [0.4, 0.5) is 10.5 Å². The van der Waals surface area contributed by atoms with E-state index in [0.717, 1.165) is 12.1 Å². The first-order valence-corrected chi connectivity index (χ1v) is 7.41. The van der Waals surface area contributed by atoms with Crippen molar-refractivity contribution in [2.75, 3.05) is 11.9 Å². The van der Waals surface area contributed by atoms with Crippen LogP contribution < -0.4 is 10.6 Å². The van der Waals surface area contributed by atoms with E-state index in [4.69, 9.17) is 5.11 Å². The standard InChI is InChI=1S/C16H22N2O3/c1-11(9-15(19)20)13-5-7-14(8-6-13)18-16(21)17-10-12-3-2-4-12/h5-8,11-12H,2-4,9-10H2,1H3,(H,19,20)(H2,17,18,21). The Morgan fingerprint density at radius 2 is 1.95 bits per heavy atom. The van der Waals surface area contributed by atoms with Crippen molar-refractivity contribution < 1.29 is 14.7 Å². The van der Waals surface area contributed by atoms with E-state index in [1.54, 1.807) is 12.1 Å². The van der Waals surface area contributed by atoms with Gasteiger partial charge in [-0.2, -0.15) is 0 Å². The highest BCUT2D eigenvalue weighted by molar-refractivity contribution is 5.89.